The van der Waals surface area contributed by atoms with E-state index in [2.05, 4.69) is 22.3 Å². The third-order valence-corrected chi connectivity index (χ3v) is 4.77. The lowest BCUT2D eigenvalue weighted by Crippen LogP contribution is -2.36. The number of aryl methyl sites for hydroxylation is 1. The molecule has 0 aromatic heterocycles. The molecule has 0 unspecified atom stereocenters. The normalized spacial score (nSPS) is 14.5. The standard InChI is InChI=1S/C22H28N2O4/c1-17-7-8-20(21(13-17)26-2)28-16-22(25)23-14-18-5-3-4-6-19(18)15-24-9-11-27-12-10-24/h3-8,13H,9-12,14-16H2,1-2H3,(H,23,25). The van der Waals surface area contributed by atoms with Crippen LogP contribution in [0.5, 0.6) is 11.5 Å². The van der Waals surface area contributed by atoms with Crippen molar-refractivity contribution in [2.24, 2.45) is 0 Å². The molecule has 0 saturated carbocycles. The fraction of sp³-hybridized carbons (Fsp3) is 0.409. The average molecular weight is 384 g/mol. The monoisotopic (exact) mass is 384 g/mol. The number of hydrogen-bond donors (Lipinski definition) is 1. The maximum absolute atomic E-state index is 12.3. The Labute approximate surface area is 166 Å². The Hall–Kier alpha value is -2.57. The Morgan fingerprint density at radius 2 is 1.86 bits per heavy atom. The van der Waals surface area contributed by atoms with E-state index in [1.54, 1.807) is 7.11 Å². The second-order valence-corrected chi connectivity index (χ2v) is 6.88. The van der Waals surface area contributed by atoms with E-state index < -0.39 is 0 Å². The van der Waals surface area contributed by atoms with Crippen molar-refractivity contribution in [3.05, 3.63) is 59.2 Å². The van der Waals surface area contributed by atoms with Gasteiger partial charge in [0.2, 0.25) is 0 Å². The minimum Gasteiger partial charge on any atom is -0.493 e. The molecular weight excluding hydrogens is 356 g/mol. The molecule has 150 valence electrons. The molecule has 6 heteroatoms. The van der Waals surface area contributed by atoms with Gasteiger partial charge in [0.25, 0.3) is 5.91 Å². The Bertz CT molecular complexity index is 788. The fourth-order valence-corrected chi connectivity index (χ4v) is 3.17. The third-order valence-electron chi connectivity index (χ3n) is 4.77. The first kappa shape index (κ1) is 20.2. The first-order chi connectivity index (χ1) is 13.7. The van der Waals surface area contributed by atoms with Gasteiger partial charge in [-0.1, -0.05) is 30.3 Å². The van der Waals surface area contributed by atoms with E-state index in [0.717, 1.165) is 44.0 Å². The molecule has 0 aliphatic carbocycles. The fourth-order valence-electron chi connectivity index (χ4n) is 3.17. The molecule has 1 fully saturated rings. The summed E-state index contributed by atoms with van der Waals surface area (Å²) in [5.41, 5.74) is 3.42. The molecule has 2 aromatic rings. The van der Waals surface area contributed by atoms with E-state index in [9.17, 15) is 4.79 Å². The summed E-state index contributed by atoms with van der Waals surface area (Å²) in [6.45, 7) is 6.70. The minimum atomic E-state index is -0.163. The van der Waals surface area contributed by atoms with Crippen molar-refractivity contribution in [1.82, 2.24) is 10.2 Å². The Balaban J connectivity index is 1.52. The van der Waals surface area contributed by atoms with Crippen molar-refractivity contribution in [1.29, 1.82) is 0 Å². The summed E-state index contributed by atoms with van der Waals surface area (Å²) in [6, 6.07) is 13.8. The number of amides is 1. The first-order valence-electron chi connectivity index (χ1n) is 9.56. The molecule has 1 aliphatic rings. The maximum atomic E-state index is 12.3. The quantitative estimate of drug-likeness (QED) is 0.758. The zero-order chi connectivity index (χ0) is 19.8. The smallest absolute Gasteiger partial charge is 0.258 e. The molecule has 28 heavy (non-hydrogen) atoms. The van der Waals surface area contributed by atoms with Crippen LogP contribution >= 0.6 is 0 Å². The number of morpholine rings is 1. The zero-order valence-corrected chi connectivity index (χ0v) is 16.6. The lowest BCUT2D eigenvalue weighted by Gasteiger charge is -2.27. The van der Waals surface area contributed by atoms with E-state index in [-0.39, 0.29) is 12.5 Å². The van der Waals surface area contributed by atoms with Crippen molar-refractivity contribution in [2.75, 3.05) is 40.0 Å². The van der Waals surface area contributed by atoms with Crippen LogP contribution in [0.3, 0.4) is 0 Å². The molecule has 1 saturated heterocycles. The number of hydrogen-bond acceptors (Lipinski definition) is 5. The van der Waals surface area contributed by atoms with Gasteiger partial charge >= 0.3 is 0 Å². The largest absolute Gasteiger partial charge is 0.493 e. The van der Waals surface area contributed by atoms with Crippen LogP contribution in [0.4, 0.5) is 0 Å². The zero-order valence-electron chi connectivity index (χ0n) is 16.6. The molecule has 0 spiro atoms. The van der Waals surface area contributed by atoms with Gasteiger partial charge in [-0.2, -0.15) is 0 Å². The van der Waals surface area contributed by atoms with E-state index in [1.165, 1.54) is 5.56 Å². The van der Waals surface area contributed by atoms with Crippen LogP contribution in [0.25, 0.3) is 0 Å². The van der Waals surface area contributed by atoms with Crippen molar-refractivity contribution in [3.63, 3.8) is 0 Å². The van der Waals surface area contributed by atoms with Crippen LogP contribution in [-0.4, -0.2) is 50.8 Å². The maximum Gasteiger partial charge on any atom is 0.258 e. The Morgan fingerprint density at radius 1 is 1.11 bits per heavy atom. The van der Waals surface area contributed by atoms with Crippen LogP contribution in [0.15, 0.2) is 42.5 Å². The molecule has 1 aliphatic heterocycles. The molecule has 6 nitrogen and oxygen atoms in total. The van der Waals surface area contributed by atoms with Gasteiger partial charge in [-0.15, -0.1) is 0 Å². The molecule has 2 aromatic carbocycles. The number of rotatable bonds is 8. The highest BCUT2D eigenvalue weighted by Gasteiger charge is 2.13. The van der Waals surface area contributed by atoms with Crippen LogP contribution in [-0.2, 0) is 22.6 Å². The lowest BCUT2D eigenvalue weighted by molar-refractivity contribution is -0.123. The third kappa shape index (κ3) is 5.71. The van der Waals surface area contributed by atoms with Crippen molar-refractivity contribution in [3.8, 4) is 11.5 Å². The minimum absolute atomic E-state index is 0.0505. The number of methoxy groups -OCH3 is 1. The molecule has 0 radical (unpaired) electrons. The number of nitrogens with zero attached hydrogens (tertiary/aromatic N) is 1. The van der Waals surface area contributed by atoms with E-state index in [1.807, 2.05) is 37.3 Å². The molecule has 1 heterocycles. The van der Waals surface area contributed by atoms with Gasteiger partial charge < -0.3 is 19.5 Å². The summed E-state index contributed by atoms with van der Waals surface area (Å²) in [7, 11) is 1.59. The molecule has 0 bridgehead atoms. The SMILES string of the molecule is COc1cc(C)ccc1OCC(=O)NCc1ccccc1CN1CCOCC1. The van der Waals surface area contributed by atoms with Crippen molar-refractivity contribution in [2.45, 2.75) is 20.0 Å². The summed E-state index contributed by atoms with van der Waals surface area (Å²) in [6.07, 6.45) is 0. The summed E-state index contributed by atoms with van der Waals surface area (Å²) in [4.78, 5) is 14.6. The molecule has 3 rings (SSSR count). The summed E-state index contributed by atoms with van der Waals surface area (Å²) in [5.74, 6) is 1.03. The van der Waals surface area contributed by atoms with Crippen LogP contribution in [0.2, 0.25) is 0 Å². The summed E-state index contributed by atoms with van der Waals surface area (Å²) >= 11 is 0. The number of nitrogens with one attached hydrogen (secondary N) is 1. The number of ether oxygens (including phenoxy) is 3. The second kappa shape index (κ2) is 10.1. The highest BCUT2D eigenvalue weighted by atomic mass is 16.5. The number of benzene rings is 2. The van der Waals surface area contributed by atoms with Gasteiger partial charge in [0.05, 0.1) is 20.3 Å². The highest BCUT2D eigenvalue weighted by Crippen LogP contribution is 2.27. The van der Waals surface area contributed by atoms with E-state index >= 15 is 0 Å². The van der Waals surface area contributed by atoms with Gasteiger partial charge in [0, 0.05) is 26.2 Å². The summed E-state index contributed by atoms with van der Waals surface area (Å²) in [5, 5.41) is 2.95. The Kier molecular flexibility index (Phi) is 7.28. The molecule has 1 N–H and O–H groups in total. The average Bonchev–Trinajstić information content (AvgIpc) is 2.73. The van der Waals surface area contributed by atoms with E-state index in [0.29, 0.717) is 18.0 Å². The van der Waals surface area contributed by atoms with Crippen LogP contribution in [0.1, 0.15) is 16.7 Å². The molecular formula is C22H28N2O4. The van der Waals surface area contributed by atoms with Gasteiger partial charge in [-0.3, -0.25) is 9.69 Å². The van der Waals surface area contributed by atoms with Crippen molar-refractivity contribution >= 4 is 5.91 Å². The predicted molar refractivity (Wildman–Crippen MR) is 108 cm³/mol. The predicted octanol–water partition coefficient (Wildman–Crippen LogP) is 2.53. The van der Waals surface area contributed by atoms with Crippen LogP contribution < -0.4 is 14.8 Å². The lowest BCUT2D eigenvalue weighted by atomic mass is 10.1. The van der Waals surface area contributed by atoms with Gasteiger partial charge in [-0.25, -0.2) is 0 Å². The Morgan fingerprint density at radius 3 is 2.61 bits per heavy atom. The topological polar surface area (TPSA) is 60.0 Å². The highest BCUT2D eigenvalue weighted by molar-refractivity contribution is 5.77. The molecule has 0 atom stereocenters. The van der Waals surface area contributed by atoms with Gasteiger partial charge in [0.1, 0.15) is 0 Å². The number of carbonyl (C=O) groups is 1. The van der Waals surface area contributed by atoms with E-state index in [4.69, 9.17) is 14.2 Å². The first-order valence-corrected chi connectivity index (χ1v) is 9.56. The second-order valence-electron chi connectivity index (χ2n) is 6.88. The van der Waals surface area contributed by atoms with Crippen LogP contribution in [0, 0.1) is 6.92 Å². The van der Waals surface area contributed by atoms with Gasteiger partial charge in [-0.05, 0) is 35.7 Å². The summed E-state index contributed by atoms with van der Waals surface area (Å²) < 4.78 is 16.3. The van der Waals surface area contributed by atoms with Crippen molar-refractivity contribution < 1.29 is 19.0 Å². The molecule has 1 amide bonds. The van der Waals surface area contributed by atoms with Gasteiger partial charge in [0.15, 0.2) is 18.1 Å². The number of carbonyl (C=O) groups excluding carboxylic acids is 1.